The van der Waals surface area contributed by atoms with Crippen LogP contribution in [0.15, 0.2) is 39.2 Å². The predicted octanol–water partition coefficient (Wildman–Crippen LogP) is 1.86. The second-order valence-corrected chi connectivity index (χ2v) is 7.37. The first-order valence-electron chi connectivity index (χ1n) is 6.70. The van der Waals surface area contributed by atoms with Crippen molar-refractivity contribution < 1.29 is 17.9 Å². The summed E-state index contributed by atoms with van der Waals surface area (Å²) in [5.74, 6) is -0.516. The van der Waals surface area contributed by atoms with Crippen LogP contribution in [0.3, 0.4) is 0 Å². The minimum absolute atomic E-state index is 0. The number of halogens is 2. The number of hydrogen-bond donors (Lipinski definition) is 2. The maximum absolute atomic E-state index is 12.3. The van der Waals surface area contributed by atoms with E-state index in [1.165, 1.54) is 25.3 Å². The molecular weight excluding hydrogens is 408 g/mol. The molecule has 1 aromatic carbocycles. The SMILES string of the molecule is COC(=O)c1ccc(S(=O)(=O)NCC2=CCNCC2)c(Br)c1.Cl. The summed E-state index contributed by atoms with van der Waals surface area (Å²) >= 11 is 3.19. The lowest BCUT2D eigenvalue weighted by Gasteiger charge is -2.15. The summed E-state index contributed by atoms with van der Waals surface area (Å²) in [7, 11) is -2.38. The standard InChI is InChI=1S/C14H17BrN2O4S.ClH/c1-21-14(18)11-2-3-13(12(15)8-11)22(19,20)17-9-10-4-6-16-7-5-10;/h2-4,8,16-17H,5-7,9H2,1H3;1H. The van der Waals surface area contributed by atoms with Crippen molar-refractivity contribution in [3.63, 3.8) is 0 Å². The van der Waals surface area contributed by atoms with Crippen molar-refractivity contribution in [2.45, 2.75) is 11.3 Å². The monoisotopic (exact) mass is 424 g/mol. The van der Waals surface area contributed by atoms with E-state index in [1.54, 1.807) is 0 Å². The third-order valence-electron chi connectivity index (χ3n) is 3.29. The molecular formula is C14H18BrClN2O4S. The Morgan fingerprint density at radius 1 is 1.43 bits per heavy atom. The molecule has 1 aromatic rings. The number of benzene rings is 1. The minimum atomic E-state index is -3.65. The fourth-order valence-corrected chi connectivity index (χ4v) is 4.17. The van der Waals surface area contributed by atoms with Crippen molar-refractivity contribution in [1.29, 1.82) is 0 Å². The maximum Gasteiger partial charge on any atom is 0.337 e. The van der Waals surface area contributed by atoms with Gasteiger partial charge >= 0.3 is 5.97 Å². The number of esters is 1. The number of rotatable bonds is 5. The Labute approximate surface area is 150 Å². The van der Waals surface area contributed by atoms with Gasteiger partial charge < -0.3 is 10.1 Å². The van der Waals surface area contributed by atoms with Crippen molar-refractivity contribution in [3.8, 4) is 0 Å². The Hall–Kier alpha value is -0.930. The lowest BCUT2D eigenvalue weighted by molar-refractivity contribution is 0.0600. The lowest BCUT2D eigenvalue weighted by Crippen LogP contribution is -2.30. The number of hydrogen-bond acceptors (Lipinski definition) is 5. The van der Waals surface area contributed by atoms with E-state index in [4.69, 9.17) is 0 Å². The quantitative estimate of drug-likeness (QED) is 0.556. The smallest absolute Gasteiger partial charge is 0.337 e. The van der Waals surface area contributed by atoms with Crippen LogP contribution in [-0.2, 0) is 14.8 Å². The van der Waals surface area contributed by atoms with E-state index in [1.807, 2.05) is 6.08 Å². The molecule has 2 rings (SSSR count). The molecule has 0 fully saturated rings. The Morgan fingerprint density at radius 3 is 2.74 bits per heavy atom. The molecule has 9 heteroatoms. The fraction of sp³-hybridized carbons (Fsp3) is 0.357. The summed E-state index contributed by atoms with van der Waals surface area (Å²) in [5, 5.41) is 3.17. The molecule has 6 nitrogen and oxygen atoms in total. The van der Waals surface area contributed by atoms with Crippen LogP contribution in [0.2, 0.25) is 0 Å². The van der Waals surface area contributed by atoms with Crippen molar-refractivity contribution in [1.82, 2.24) is 10.0 Å². The molecule has 0 atom stereocenters. The summed E-state index contributed by atoms with van der Waals surface area (Å²) in [6, 6.07) is 4.24. The largest absolute Gasteiger partial charge is 0.465 e. The van der Waals surface area contributed by atoms with Crippen LogP contribution >= 0.6 is 28.3 Å². The highest BCUT2D eigenvalue weighted by Gasteiger charge is 2.19. The van der Waals surface area contributed by atoms with Gasteiger partial charge in [-0.1, -0.05) is 11.6 Å². The molecule has 23 heavy (non-hydrogen) atoms. The highest BCUT2D eigenvalue weighted by atomic mass is 79.9. The number of carbonyl (C=O) groups excluding carboxylic acids is 1. The molecule has 0 spiro atoms. The molecule has 1 heterocycles. The normalized spacial score (nSPS) is 14.6. The number of carbonyl (C=O) groups is 1. The van der Waals surface area contributed by atoms with Crippen LogP contribution in [0.25, 0.3) is 0 Å². The van der Waals surface area contributed by atoms with Crippen LogP contribution in [0.4, 0.5) is 0 Å². The average Bonchev–Trinajstić information content (AvgIpc) is 2.53. The van der Waals surface area contributed by atoms with Crippen molar-refractivity contribution in [3.05, 3.63) is 39.9 Å². The molecule has 0 saturated carbocycles. The van der Waals surface area contributed by atoms with E-state index in [2.05, 4.69) is 30.7 Å². The number of ether oxygens (including phenoxy) is 1. The van der Waals surface area contributed by atoms with Crippen molar-refractivity contribution in [2.24, 2.45) is 0 Å². The zero-order chi connectivity index (χ0) is 16.2. The van der Waals surface area contributed by atoms with Crippen molar-refractivity contribution in [2.75, 3.05) is 26.7 Å². The summed E-state index contributed by atoms with van der Waals surface area (Å²) in [6.45, 7) is 1.90. The van der Waals surface area contributed by atoms with E-state index in [-0.39, 0.29) is 29.4 Å². The van der Waals surface area contributed by atoms with Gasteiger partial charge in [0.1, 0.15) is 0 Å². The fourth-order valence-electron chi connectivity index (χ4n) is 2.06. The summed E-state index contributed by atoms with van der Waals surface area (Å²) in [4.78, 5) is 11.5. The second kappa shape index (κ2) is 8.79. The summed E-state index contributed by atoms with van der Waals surface area (Å²) in [6.07, 6.45) is 2.81. The summed E-state index contributed by atoms with van der Waals surface area (Å²) < 4.78 is 32.2. The van der Waals surface area contributed by atoms with Gasteiger partial charge in [-0.2, -0.15) is 0 Å². The van der Waals surface area contributed by atoms with E-state index >= 15 is 0 Å². The van der Waals surface area contributed by atoms with Gasteiger partial charge in [0, 0.05) is 17.6 Å². The van der Waals surface area contributed by atoms with Gasteiger partial charge in [-0.25, -0.2) is 17.9 Å². The van der Waals surface area contributed by atoms with Gasteiger partial charge in [0.05, 0.1) is 17.6 Å². The maximum atomic E-state index is 12.3. The number of sulfonamides is 1. The zero-order valence-electron chi connectivity index (χ0n) is 12.5. The highest BCUT2D eigenvalue weighted by molar-refractivity contribution is 9.10. The Kier molecular flexibility index (Phi) is 7.69. The van der Waals surface area contributed by atoms with Crippen molar-refractivity contribution >= 4 is 44.3 Å². The number of nitrogens with one attached hydrogen (secondary N) is 2. The molecule has 0 amide bonds. The van der Waals surface area contributed by atoms with E-state index in [9.17, 15) is 13.2 Å². The van der Waals surface area contributed by atoms with Crippen LogP contribution in [0.5, 0.6) is 0 Å². The molecule has 128 valence electrons. The predicted molar refractivity (Wildman–Crippen MR) is 93.5 cm³/mol. The molecule has 0 aromatic heterocycles. The molecule has 0 aliphatic carbocycles. The van der Waals surface area contributed by atoms with E-state index in [0.717, 1.165) is 25.1 Å². The minimum Gasteiger partial charge on any atom is -0.465 e. The van der Waals surface area contributed by atoms with Crippen LogP contribution in [0, 0.1) is 0 Å². The molecule has 0 bridgehead atoms. The summed E-state index contributed by atoms with van der Waals surface area (Å²) in [5.41, 5.74) is 1.35. The van der Waals surface area contributed by atoms with Gasteiger partial charge in [0.15, 0.2) is 0 Å². The van der Waals surface area contributed by atoms with E-state index in [0.29, 0.717) is 4.47 Å². The molecule has 1 aliphatic rings. The van der Waals surface area contributed by atoms with Gasteiger partial charge in [0.2, 0.25) is 10.0 Å². The molecule has 0 radical (unpaired) electrons. The zero-order valence-corrected chi connectivity index (χ0v) is 15.7. The first kappa shape index (κ1) is 20.1. The molecule has 0 unspecified atom stereocenters. The molecule has 0 saturated heterocycles. The van der Waals surface area contributed by atoms with Gasteiger partial charge in [-0.05, 0) is 47.1 Å². The highest BCUT2D eigenvalue weighted by Crippen LogP contribution is 2.23. The van der Waals surface area contributed by atoms with Gasteiger partial charge in [0.25, 0.3) is 0 Å². The Bertz CT molecular complexity index is 707. The third-order valence-corrected chi connectivity index (χ3v) is 5.67. The van der Waals surface area contributed by atoms with E-state index < -0.39 is 16.0 Å². The van der Waals surface area contributed by atoms with Gasteiger partial charge in [-0.3, -0.25) is 0 Å². The van der Waals surface area contributed by atoms with Gasteiger partial charge in [-0.15, -0.1) is 12.4 Å². The topological polar surface area (TPSA) is 84.5 Å². The van der Waals surface area contributed by atoms with Crippen LogP contribution in [-0.4, -0.2) is 41.1 Å². The Balaban J connectivity index is 0.00000264. The van der Waals surface area contributed by atoms with Crippen LogP contribution < -0.4 is 10.0 Å². The first-order valence-corrected chi connectivity index (χ1v) is 8.98. The second-order valence-electron chi connectivity index (χ2n) is 4.78. The third kappa shape index (κ3) is 5.29. The average molecular weight is 426 g/mol. The molecule has 2 N–H and O–H groups in total. The lowest BCUT2D eigenvalue weighted by atomic mass is 10.1. The van der Waals surface area contributed by atoms with Crippen LogP contribution in [0.1, 0.15) is 16.8 Å². The Morgan fingerprint density at radius 2 is 2.17 bits per heavy atom. The number of methoxy groups -OCH3 is 1. The first-order chi connectivity index (χ1) is 10.4. The molecule has 1 aliphatic heterocycles.